The van der Waals surface area contributed by atoms with E-state index in [-0.39, 0.29) is 0 Å². The number of aliphatic imine (C=N–C) groups is 1. The molecule has 14 heavy (non-hydrogen) atoms. The van der Waals surface area contributed by atoms with Crippen LogP contribution in [0.1, 0.15) is 5.56 Å². The maximum atomic E-state index is 4.37. The van der Waals surface area contributed by atoms with E-state index in [1.54, 1.807) is 0 Å². The summed E-state index contributed by atoms with van der Waals surface area (Å²) in [6, 6.07) is 8.46. The first-order valence-electron chi connectivity index (χ1n) is 4.76. The summed E-state index contributed by atoms with van der Waals surface area (Å²) in [5, 5.41) is 0. The topological polar surface area (TPSA) is 15.6 Å². The molecule has 0 fully saturated rings. The summed E-state index contributed by atoms with van der Waals surface area (Å²) in [4.78, 5) is 6.47. The van der Waals surface area contributed by atoms with Crippen molar-refractivity contribution in [1.82, 2.24) is 0 Å². The zero-order valence-corrected chi connectivity index (χ0v) is 8.57. The van der Waals surface area contributed by atoms with Crippen molar-refractivity contribution in [2.75, 3.05) is 25.5 Å². The third-order valence-corrected chi connectivity index (χ3v) is 2.32. The van der Waals surface area contributed by atoms with Crippen LogP contribution in [0.2, 0.25) is 0 Å². The fraction of sp³-hybridized carbons (Fsp3) is 0.250. The molecule has 72 valence electrons. The zero-order chi connectivity index (χ0) is 9.97. The molecular weight excluding hydrogens is 172 g/mol. The summed E-state index contributed by atoms with van der Waals surface area (Å²) < 4.78 is 0. The molecule has 2 nitrogen and oxygen atoms in total. The lowest BCUT2D eigenvalue weighted by Crippen LogP contribution is -2.08. The van der Waals surface area contributed by atoms with Crippen molar-refractivity contribution >= 4 is 11.4 Å². The molecule has 1 aliphatic heterocycles. The standard InChI is InChI=1S/C12H14N2/c1-14(2)11-7-5-10(6-8-11)12-4-3-9-13-12/h3-8H,9H2,1-2H3. The van der Waals surface area contributed by atoms with E-state index in [1.165, 1.54) is 11.3 Å². The minimum Gasteiger partial charge on any atom is -0.378 e. The van der Waals surface area contributed by atoms with E-state index in [0.717, 1.165) is 12.3 Å². The maximum Gasteiger partial charge on any atom is 0.0647 e. The van der Waals surface area contributed by atoms with E-state index in [2.05, 4.69) is 46.3 Å². The van der Waals surface area contributed by atoms with E-state index >= 15 is 0 Å². The van der Waals surface area contributed by atoms with Gasteiger partial charge in [0, 0.05) is 19.8 Å². The predicted octanol–water partition coefficient (Wildman–Crippen LogP) is 2.11. The molecule has 0 aliphatic carbocycles. The number of hydrogen-bond donors (Lipinski definition) is 0. The monoisotopic (exact) mass is 186 g/mol. The van der Waals surface area contributed by atoms with Gasteiger partial charge < -0.3 is 4.90 Å². The fourth-order valence-electron chi connectivity index (χ4n) is 1.49. The van der Waals surface area contributed by atoms with E-state index in [9.17, 15) is 0 Å². The maximum absolute atomic E-state index is 4.37. The Hall–Kier alpha value is -1.57. The molecule has 0 aromatic heterocycles. The molecule has 2 rings (SSSR count). The van der Waals surface area contributed by atoms with Crippen LogP contribution in [0.5, 0.6) is 0 Å². The first-order valence-corrected chi connectivity index (χ1v) is 4.76. The van der Waals surface area contributed by atoms with Gasteiger partial charge >= 0.3 is 0 Å². The number of anilines is 1. The van der Waals surface area contributed by atoms with Crippen LogP contribution in [-0.4, -0.2) is 26.4 Å². The van der Waals surface area contributed by atoms with Crippen LogP contribution in [0.25, 0.3) is 0 Å². The minimum atomic E-state index is 0.824. The summed E-state index contributed by atoms with van der Waals surface area (Å²) in [5.41, 5.74) is 3.51. The van der Waals surface area contributed by atoms with E-state index in [4.69, 9.17) is 0 Å². The van der Waals surface area contributed by atoms with Crippen molar-refractivity contribution in [1.29, 1.82) is 0 Å². The molecule has 0 amide bonds. The van der Waals surface area contributed by atoms with Gasteiger partial charge in [0.15, 0.2) is 0 Å². The molecule has 0 bridgehead atoms. The third kappa shape index (κ3) is 1.69. The van der Waals surface area contributed by atoms with Gasteiger partial charge in [-0.3, -0.25) is 4.99 Å². The summed E-state index contributed by atoms with van der Waals surface area (Å²) >= 11 is 0. The number of rotatable bonds is 2. The van der Waals surface area contributed by atoms with Gasteiger partial charge in [0.25, 0.3) is 0 Å². The second-order valence-electron chi connectivity index (χ2n) is 3.57. The van der Waals surface area contributed by atoms with Crippen molar-refractivity contribution in [2.45, 2.75) is 0 Å². The highest BCUT2D eigenvalue weighted by molar-refractivity contribution is 6.09. The van der Waals surface area contributed by atoms with Crippen LogP contribution in [0.4, 0.5) is 5.69 Å². The first-order chi connectivity index (χ1) is 6.77. The van der Waals surface area contributed by atoms with Gasteiger partial charge in [0.1, 0.15) is 0 Å². The smallest absolute Gasteiger partial charge is 0.0647 e. The lowest BCUT2D eigenvalue weighted by atomic mass is 10.1. The molecule has 1 aromatic rings. The predicted molar refractivity (Wildman–Crippen MR) is 61.3 cm³/mol. The molecular formula is C12H14N2. The van der Waals surface area contributed by atoms with Crippen LogP contribution >= 0.6 is 0 Å². The molecule has 0 N–H and O–H groups in total. The van der Waals surface area contributed by atoms with Gasteiger partial charge in [-0.2, -0.15) is 0 Å². The third-order valence-electron chi connectivity index (χ3n) is 2.32. The van der Waals surface area contributed by atoms with Gasteiger partial charge in [0.2, 0.25) is 0 Å². The normalized spacial score (nSPS) is 14.3. The van der Waals surface area contributed by atoms with Crippen molar-refractivity contribution in [2.24, 2.45) is 4.99 Å². The lowest BCUT2D eigenvalue weighted by molar-refractivity contribution is 1.13. The molecule has 1 heterocycles. The van der Waals surface area contributed by atoms with Crippen molar-refractivity contribution < 1.29 is 0 Å². The highest BCUT2D eigenvalue weighted by Gasteiger charge is 2.03. The minimum absolute atomic E-state index is 0.824. The first kappa shape index (κ1) is 9.00. The van der Waals surface area contributed by atoms with Crippen LogP contribution in [0.3, 0.4) is 0 Å². The average Bonchev–Trinajstić information content (AvgIpc) is 2.71. The highest BCUT2D eigenvalue weighted by Crippen LogP contribution is 2.14. The largest absolute Gasteiger partial charge is 0.378 e. The Bertz CT molecular complexity index is 372. The van der Waals surface area contributed by atoms with Gasteiger partial charge in [-0.25, -0.2) is 0 Å². The Morgan fingerprint density at radius 1 is 1.14 bits per heavy atom. The highest BCUT2D eigenvalue weighted by atomic mass is 15.1. The average molecular weight is 186 g/mol. The Morgan fingerprint density at radius 2 is 1.86 bits per heavy atom. The molecule has 0 atom stereocenters. The van der Waals surface area contributed by atoms with Gasteiger partial charge in [-0.05, 0) is 23.8 Å². The lowest BCUT2D eigenvalue weighted by Gasteiger charge is -2.12. The molecule has 0 spiro atoms. The Balaban J connectivity index is 2.26. The molecule has 0 saturated carbocycles. The van der Waals surface area contributed by atoms with Crippen molar-refractivity contribution in [3.05, 3.63) is 42.0 Å². The quantitative estimate of drug-likeness (QED) is 0.690. The van der Waals surface area contributed by atoms with E-state index < -0.39 is 0 Å². The number of benzene rings is 1. The van der Waals surface area contributed by atoms with Crippen LogP contribution < -0.4 is 4.90 Å². The second kappa shape index (κ2) is 3.66. The molecule has 1 aliphatic rings. The van der Waals surface area contributed by atoms with Crippen LogP contribution in [0, 0.1) is 0 Å². The van der Waals surface area contributed by atoms with Crippen LogP contribution in [-0.2, 0) is 0 Å². The SMILES string of the molecule is CN(C)c1ccc(C2=NCC=C2)cc1. The summed E-state index contributed by atoms with van der Waals surface area (Å²) in [6.07, 6.45) is 4.15. The Labute approximate surface area is 84.6 Å². The van der Waals surface area contributed by atoms with Gasteiger partial charge in [-0.15, -0.1) is 0 Å². The fourth-order valence-corrected chi connectivity index (χ4v) is 1.49. The molecule has 0 saturated heterocycles. The number of hydrogen-bond acceptors (Lipinski definition) is 2. The van der Waals surface area contributed by atoms with E-state index in [1.807, 2.05) is 14.1 Å². The second-order valence-corrected chi connectivity index (χ2v) is 3.57. The number of nitrogens with zero attached hydrogens (tertiary/aromatic N) is 2. The Kier molecular flexibility index (Phi) is 2.35. The van der Waals surface area contributed by atoms with Crippen molar-refractivity contribution in [3.63, 3.8) is 0 Å². The molecule has 2 heteroatoms. The Morgan fingerprint density at radius 3 is 2.36 bits per heavy atom. The number of allylic oxidation sites excluding steroid dienone is 1. The molecule has 0 unspecified atom stereocenters. The summed E-state index contributed by atoms with van der Waals surface area (Å²) in [6.45, 7) is 0.824. The van der Waals surface area contributed by atoms with Gasteiger partial charge in [-0.1, -0.05) is 18.2 Å². The molecule has 0 radical (unpaired) electrons. The summed E-state index contributed by atoms with van der Waals surface area (Å²) in [5.74, 6) is 0. The zero-order valence-electron chi connectivity index (χ0n) is 8.57. The van der Waals surface area contributed by atoms with Gasteiger partial charge in [0.05, 0.1) is 12.3 Å². The van der Waals surface area contributed by atoms with Crippen molar-refractivity contribution in [3.8, 4) is 0 Å². The van der Waals surface area contributed by atoms with Crippen LogP contribution in [0.15, 0.2) is 41.4 Å². The summed E-state index contributed by atoms with van der Waals surface area (Å²) in [7, 11) is 4.09. The van der Waals surface area contributed by atoms with E-state index in [0.29, 0.717) is 0 Å². The molecule has 1 aromatic carbocycles.